The number of carbonyl (C=O) groups is 1. The fourth-order valence-corrected chi connectivity index (χ4v) is 1.66. The summed E-state index contributed by atoms with van der Waals surface area (Å²) in [5.41, 5.74) is 3.42. The van der Waals surface area contributed by atoms with Crippen LogP contribution in [0.4, 0.5) is 0 Å². The maximum absolute atomic E-state index is 12.1. The fourth-order valence-electron chi connectivity index (χ4n) is 1.66. The van der Waals surface area contributed by atoms with E-state index in [0.29, 0.717) is 22.8 Å². The number of nitrogens with zero attached hydrogens (tertiary/aromatic N) is 2. The molecule has 1 heterocycles. The Kier molecular flexibility index (Phi) is 4.87. The van der Waals surface area contributed by atoms with Gasteiger partial charge in [-0.2, -0.15) is 5.10 Å². The van der Waals surface area contributed by atoms with Crippen LogP contribution in [0.2, 0.25) is 0 Å². The third-order valence-corrected chi connectivity index (χ3v) is 2.70. The monoisotopic (exact) mass is 285 g/mol. The summed E-state index contributed by atoms with van der Waals surface area (Å²) in [6.45, 7) is 0. The standard InChI is InChI=1S/C15H15N3O3/c1-20-12-6-7-14(21-2)13(9-12)15(19)18-17-10-11-5-3-4-8-16-11/h3-10H,1-2H3,(H,18,19)/b17-10+. The van der Waals surface area contributed by atoms with E-state index in [0.717, 1.165) is 0 Å². The van der Waals surface area contributed by atoms with E-state index in [2.05, 4.69) is 15.5 Å². The number of nitrogens with one attached hydrogen (secondary N) is 1. The van der Waals surface area contributed by atoms with Crippen LogP contribution in [0.1, 0.15) is 16.1 Å². The van der Waals surface area contributed by atoms with E-state index in [4.69, 9.17) is 9.47 Å². The lowest BCUT2D eigenvalue weighted by atomic mass is 10.2. The first-order chi connectivity index (χ1) is 10.2. The number of aromatic nitrogens is 1. The van der Waals surface area contributed by atoms with Gasteiger partial charge in [0.05, 0.1) is 31.7 Å². The van der Waals surface area contributed by atoms with Gasteiger partial charge in [0.1, 0.15) is 11.5 Å². The van der Waals surface area contributed by atoms with Gasteiger partial charge in [0.15, 0.2) is 0 Å². The number of hydrogen-bond acceptors (Lipinski definition) is 5. The molecule has 6 nitrogen and oxygen atoms in total. The molecule has 108 valence electrons. The quantitative estimate of drug-likeness (QED) is 0.672. The van der Waals surface area contributed by atoms with Crippen molar-refractivity contribution in [1.82, 2.24) is 10.4 Å². The molecule has 0 radical (unpaired) electrons. The zero-order valence-corrected chi connectivity index (χ0v) is 11.7. The Bertz CT molecular complexity index is 642. The zero-order chi connectivity index (χ0) is 15.1. The third-order valence-electron chi connectivity index (χ3n) is 2.70. The van der Waals surface area contributed by atoms with Gasteiger partial charge >= 0.3 is 0 Å². The first-order valence-electron chi connectivity index (χ1n) is 6.21. The van der Waals surface area contributed by atoms with E-state index < -0.39 is 5.91 Å². The average Bonchev–Trinajstić information content (AvgIpc) is 2.55. The molecule has 1 amide bonds. The molecule has 2 rings (SSSR count). The van der Waals surface area contributed by atoms with Crippen LogP contribution < -0.4 is 14.9 Å². The lowest BCUT2D eigenvalue weighted by Gasteiger charge is -2.08. The number of hydrogen-bond donors (Lipinski definition) is 1. The van der Waals surface area contributed by atoms with Crippen LogP contribution in [0, 0.1) is 0 Å². The van der Waals surface area contributed by atoms with Gasteiger partial charge in [0, 0.05) is 6.20 Å². The van der Waals surface area contributed by atoms with Crippen molar-refractivity contribution < 1.29 is 14.3 Å². The predicted molar refractivity (Wildman–Crippen MR) is 78.8 cm³/mol. The van der Waals surface area contributed by atoms with Crippen LogP contribution in [0.3, 0.4) is 0 Å². The van der Waals surface area contributed by atoms with Crippen molar-refractivity contribution in [1.29, 1.82) is 0 Å². The molecule has 6 heteroatoms. The highest BCUT2D eigenvalue weighted by atomic mass is 16.5. The second-order valence-corrected chi connectivity index (χ2v) is 4.02. The van der Waals surface area contributed by atoms with Gasteiger partial charge < -0.3 is 9.47 Å². The summed E-state index contributed by atoms with van der Waals surface area (Å²) in [6.07, 6.45) is 3.11. The predicted octanol–water partition coefficient (Wildman–Crippen LogP) is 1.86. The number of carbonyl (C=O) groups excluding carboxylic acids is 1. The second kappa shape index (κ2) is 7.04. The maximum atomic E-state index is 12.1. The molecule has 0 fully saturated rings. The molecule has 2 aromatic rings. The van der Waals surface area contributed by atoms with Crippen molar-refractivity contribution >= 4 is 12.1 Å². The minimum absolute atomic E-state index is 0.343. The molecule has 0 bridgehead atoms. The van der Waals surface area contributed by atoms with Crippen LogP contribution in [0.5, 0.6) is 11.5 Å². The van der Waals surface area contributed by atoms with Gasteiger partial charge in [-0.3, -0.25) is 9.78 Å². The summed E-state index contributed by atoms with van der Waals surface area (Å²) >= 11 is 0. The van der Waals surface area contributed by atoms with Crippen LogP contribution in [-0.2, 0) is 0 Å². The van der Waals surface area contributed by atoms with E-state index in [1.54, 1.807) is 36.5 Å². The van der Waals surface area contributed by atoms with Crippen molar-refractivity contribution in [2.75, 3.05) is 14.2 Å². The first-order valence-corrected chi connectivity index (χ1v) is 6.21. The van der Waals surface area contributed by atoms with Crippen LogP contribution >= 0.6 is 0 Å². The van der Waals surface area contributed by atoms with Crippen LogP contribution in [0.15, 0.2) is 47.7 Å². The van der Waals surface area contributed by atoms with Crippen LogP contribution in [0.25, 0.3) is 0 Å². The normalized spacial score (nSPS) is 10.4. The van der Waals surface area contributed by atoms with E-state index in [1.165, 1.54) is 20.4 Å². The van der Waals surface area contributed by atoms with Gasteiger partial charge in [0.25, 0.3) is 5.91 Å². The van der Waals surface area contributed by atoms with Crippen LogP contribution in [-0.4, -0.2) is 31.3 Å². The molecule has 1 aromatic carbocycles. The van der Waals surface area contributed by atoms with Gasteiger partial charge in [-0.1, -0.05) is 6.07 Å². The Hall–Kier alpha value is -2.89. The topological polar surface area (TPSA) is 72.8 Å². The zero-order valence-electron chi connectivity index (χ0n) is 11.7. The molecular weight excluding hydrogens is 270 g/mol. The van der Waals surface area contributed by atoms with E-state index >= 15 is 0 Å². The molecule has 1 N–H and O–H groups in total. The SMILES string of the molecule is COc1ccc(OC)c(C(=O)N/N=C/c2ccccn2)c1. The first kappa shape index (κ1) is 14.5. The lowest BCUT2D eigenvalue weighted by molar-refractivity contribution is 0.0951. The molecule has 0 unspecified atom stereocenters. The van der Waals surface area contributed by atoms with Gasteiger partial charge in [-0.05, 0) is 30.3 Å². The highest BCUT2D eigenvalue weighted by Gasteiger charge is 2.12. The number of amides is 1. The number of rotatable bonds is 5. The Morgan fingerprint density at radius 3 is 2.76 bits per heavy atom. The van der Waals surface area contributed by atoms with Crippen molar-refractivity contribution in [2.24, 2.45) is 5.10 Å². The minimum Gasteiger partial charge on any atom is -0.497 e. The maximum Gasteiger partial charge on any atom is 0.275 e. The molecular formula is C15H15N3O3. The number of methoxy groups -OCH3 is 2. The molecule has 0 atom stereocenters. The van der Waals surface area contributed by atoms with E-state index in [-0.39, 0.29) is 0 Å². The molecule has 0 spiro atoms. The summed E-state index contributed by atoms with van der Waals surface area (Å²) < 4.78 is 10.2. The molecule has 0 aliphatic rings. The van der Waals surface area contributed by atoms with Gasteiger partial charge in [-0.15, -0.1) is 0 Å². The second-order valence-electron chi connectivity index (χ2n) is 4.02. The highest BCUT2D eigenvalue weighted by molar-refractivity contribution is 5.97. The van der Waals surface area contributed by atoms with Crippen molar-refractivity contribution in [3.63, 3.8) is 0 Å². The van der Waals surface area contributed by atoms with Gasteiger partial charge in [-0.25, -0.2) is 5.43 Å². The summed E-state index contributed by atoms with van der Waals surface area (Å²) in [5, 5.41) is 3.87. The third kappa shape index (κ3) is 3.79. The fraction of sp³-hybridized carbons (Fsp3) is 0.133. The number of ether oxygens (including phenoxy) is 2. The molecule has 0 aliphatic carbocycles. The summed E-state index contributed by atoms with van der Waals surface area (Å²) in [4.78, 5) is 16.2. The Morgan fingerprint density at radius 1 is 1.24 bits per heavy atom. The average molecular weight is 285 g/mol. The Labute approximate surface area is 122 Å². The summed E-state index contributed by atoms with van der Waals surface area (Å²) in [6, 6.07) is 10.4. The van der Waals surface area contributed by atoms with E-state index in [1.807, 2.05) is 6.07 Å². The van der Waals surface area contributed by atoms with Crippen molar-refractivity contribution in [2.45, 2.75) is 0 Å². The Morgan fingerprint density at radius 2 is 2.10 bits per heavy atom. The van der Waals surface area contributed by atoms with E-state index in [9.17, 15) is 4.79 Å². The number of benzene rings is 1. The van der Waals surface area contributed by atoms with Crippen molar-refractivity contribution in [3.8, 4) is 11.5 Å². The lowest BCUT2D eigenvalue weighted by Crippen LogP contribution is -2.18. The largest absolute Gasteiger partial charge is 0.497 e. The minimum atomic E-state index is -0.391. The molecule has 1 aromatic heterocycles. The molecule has 0 aliphatic heterocycles. The number of hydrazone groups is 1. The summed E-state index contributed by atoms with van der Waals surface area (Å²) in [7, 11) is 3.03. The summed E-state index contributed by atoms with van der Waals surface area (Å²) in [5.74, 6) is 0.619. The highest BCUT2D eigenvalue weighted by Crippen LogP contribution is 2.23. The molecule has 0 saturated heterocycles. The number of pyridine rings is 1. The molecule has 21 heavy (non-hydrogen) atoms. The molecule has 0 saturated carbocycles. The van der Waals surface area contributed by atoms with Crippen molar-refractivity contribution in [3.05, 3.63) is 53.9 Å². The smallest absolute Gasteiger partial charge is 0.275 e. The Balaban J connectivity index is 2.11. The van der Waals surface area contributed by atoms with Gasteiger partial charge in [0.2, 0.25) is 0 Å².